The van der Waals surface area contributed by atoms with Gasteiger partial charge in [-0.3, -0.25) is 4.79 Å². The van der Waals surface area contributed by atoms with Crippen molar-refractivity contribution in [2.24, 2.45) is 0 Å². The maximum absolute atomic E-state index is 11.3. The zero-order valence-electron chi connectivity index (χ0n) is 19.8. The van der Waals surface area contributed by atoms with Crippen LogP contribution < -0.4 is 0 Å². The zero-order valence-corrected chi connectivity index (χ0v) is 19.8. The Labute approximate surface area is 203 Å². The van der Waals surface area contributed by atoms with E-state index in [-0.39, 0.29) is 0 Å². The second-order valence-corrected chi connectivity index (χ2v) is 9.40. The Morgan fingerprint density at radius 3 is 1.32 bits per heavy atom. The predicted molar refractivity (Wildman–Crippen MR) is 141 cm³/mol. The third kappa shape index (κ3) is 5.04. The van der Waals surface area contributed by atoms with Crippen molar-refractivity contribution in [1.29, 1.82) is 0 Å². The van der Waals surface area contributed by atoms with Crippen LogP contribution in [0, 0.1) is 0 Å². The quantitative estimate of drug-likeness (QED) is 0.236. The van der Waals surface area contributed by atoms with Gasteiger partial charge in [-0.15, -0.1) is 0 Å². The van der Waals surface area contributed by atoms with E-state index in [1.165, 1.54) is 53.5 Å². The summed E-state index contributed by atoms with van der Waals surface area (Å²) in [5.41, 5.74) is 11.1. The van der Waals surface area contributed by atoms with Crippen LogP contribution in [0.4, 0.5) is 0 Å². The molecule has 0 atom stereocenters. The van der Waals surface area contributed by atoms with Gasteiger partial charge in [-0.1, -0.05) is 97.1 Å². The van der Waals surface area contributed by atoms with Crippen LogP contribution in [-0.4, -0.2) is 5.78 Å². The highest BCUT2D eigenvalue weighted by Crippen LogP contribution is 2.35. The molecule has 0 aliphatic heterocycles. The van der Waals surface area contributed by atoms with Gasteiger partial charge in [0.25, 0.3) is 0 Å². The number of benzene rings is 4. The molecule has 0 bridgehead atoms. The topological polar surface area (TPSA) is 17.1 Å². The highest BCUT2D eigenvalue weighted by molar-refractivity contribution is 5.98. The summed E-state index contributed by atoms with van der Waals surface area (Å²) in [6.07, 6.45) is 9.31. The van der Waals surface area contributed by atoms with Crippen LogP contribution in [-0.2, 0) is 25.7 Å². The van der Waals surface area contributed by atoms with E-state index in [0.717, 1.165) is 31.2 Å². The van der Waals surface area contributed by atoms with Crippen LogP contribution in [0.25, 0.3) is 11.1 Å². The van der Waals surface area contributed by atoms with E-state index in [9.17, 15) is 4.79 Å². The number of hydrogen-bond donors (Lipinski definition) is 0. The molecule has 0 spiro atoms. The monoisotopic (exact) mass is 444 g/mol. The maximum Gasteiger partial charge on any atom is 0.163 e. The van der Waals surface area contributed by atoms with Gasteiger partial charge < -0.3 is 0 Å². The van der Waals surface area contributed by atoms with Crippen molar-refractivity contribution < 1.29 is 4.79 Å². The maximum atomic E-state index is 11.3. The molecule has 7 rings (SSSR count). The number of fused-ring (bicyclic) bond motifs is 5. The molecule has 0 saturated heterocycles. The van der Waals surface area contributed by atoms with Crippen LogP contribution in [0.5, 0.6) is 0 Å². The summed E-state index contributed by atoms with van der Waals surface area (Å²) in [5, 5.41) is 0. The fourth-order valence-corrected chi connectivity index (χ4v) is 5.34. The Kier molecular flexibility index (Phi) is 7.00. The SMILES string of the molecule is O=C1CCCc2ccccc21.c1ccc2c(c1)CCCC2.c1ccc2c(c1)Cc1ccccc1-2. The standard InChI is InChI=1S/C13H10.C10H10O.C10H12/c1-3-7-12-10(5-1)9-11-6-2-4-8-13(11)12;11-10-7-3-5-8-4-1-2-6-9(8)10;1-2-6-10-8-4-3-7-9(10)5-1/h1-8H,9H2;1-2,4,6H,3,5,7H2;1-2,5-6H,3-4,7-8H2. The minimum atomic E-state index is 0.312. The van der Waals surface area contributed by atoms with Crippen LogP contribution >= 0.6 is 0 Å². The van der Waals surface area contributed by atoms with Gasteiger partial charge in [0.05, 0.1) is 0 Å². The van der Waals surface area contributed by atoms with Crippen molar-refractivity contribution in [3.05, 3.63) is 130 Å². The molecule has 0 radical (unpaired) electrons. The number of Topliss-reactive ketones (excluding diaryl/α,β-unsaturated/α-hetero) is 1. The number of carbonyl (C=O) groups excluding carboxylic acids is 1. The van der Waals surface area contributed by atoms with Crippen molar-refractivity contribution >= 4 is 5.78 Å². The van der Waals surface area contributed by atoms with Crippen molar-refractivity contribution in [3.63, 3.8) is 0 Å². The lowest BCUT2D eigenvalue weighted by Crippen LogP contribution is -2.09. The van der Waals surface area contributed by atoms with Gasteiger partial charge in [-0.2, -0.15) is 0 Å². The van der Waals surface area contributed by atoms with Gasteiger partial charge in [-0.05, 0) is 83.9 Å². The Bertz CT molecular complexity index is 1210. The minimum Gasteiger partial charge on any atom is -0.294 e. The number of aryl methyl sites for hydroxylation is 3. The lowest BCUT2D eigenvalue weighted by atomic mass is 9.91. The first-order chi connectivity index (χ1) is 16.8. The van der Waals surface area contributed by atoms with E-state index < -0.39 is 0 Å². The lowest BCUT2D eigenvalue weighted by molar-refractivity contribution is 0.0972. The van der Waals surface area contributed by atoms with Crippen molar-refractivity contribution in [1.82, 2.24) is 0 Å². The molecule has 0 amide bonds. The fourth-order valence-electron chi connectivity index (χ4n) is 5.34. The van der Waals surface area contributed by atoms with Gasteiger partial charge in [0, 0.05) is 12.0 Å². The van der Waals surface area contributed by atoms with Crippen LogP contribution in [0.3, 0.4) is 0 Å². The van der Waals surface area contributed by atoms with E-state index in [1.807, 2.05) is 24.3 Å². The molecule has 3 aliphatic rings. The van der Waals surface area contributed by atoms with Gasteiger partial charge in [0.15, 0.2) is 5.78 Å². The van der Waals surface area contributed by atoms with E-state index in [4.69, 9.17) is 0 Å². The largest absolute Gasteiger partial charge is 0.294 e. The first kappa shape index (κ1) is 22.3. The highest BCUT2D eigenvalue weighted by atomic mass is 16.1. The first-order valence-electron chi connectivity index (χ1n) is 12.6. The predicted octanol–water partition coefficient (Wildman–Crippen LogP) is 8.03. The van der Waals surface area contributed by atoms with E-state index in [2.05, 4.69) is 72.8 Å². The summed E-state index contributed by atoms with van der Waals surface area (Å²) in [4.78, 5) is 11.3. The van der Waals surface area contributed by atoms with Crippen LogP contribution in [0.1, 0.15) is 63.9 Å². The molecule has 0 aromatic heterocycles. The zero-order chi connectivity index (χ0) is 23.2. The van der Waals surface area contributed by atoms with Crippen molar-refractivity contribution in [2.45, 2.75) is 51.4 Å². The molecule has 0 unspecified atom stereocenters. The average Bonchev–Trinajstić information content (AvgIpc) is 3.29. The molecule has 1 nitrogen and oxygen atoms in total. The van der Waals surface area contributed by atoms with Gasteiger partial charge in [0.1, 0.15) is 0 Å². The van der Waals surface area contributed by atoms with E-state index in [0.29, 0.717) is 5.78 Å². The molecule has 34 heavy (non-hydrogen) atoms. The molecule has 1 heteroatoms. The van der Waals surface area contributed by atoms with Crippen molar-refractivity contribution in [2.75, 3.05) is 0 Å². The Morgan fingerprint density at radius 1 is 0.382 bits per heavy atom. The molecule has 3 aliphatic carbocycles. The number of hydrogen-bond acceptors (Lipinski definition) is 1. The lowest BCUT2D eigenvalue weighted by Gasteiger charge is -2.13. The molecule has 0 heterocycles. The Balaban J connectivity index is 0.000000107. The Hall–Kier alpha value is -3.45. The normalized spacial score (nSPS) is 14.8. The van der Waals surface area contributed by atoms with Gasteiger partial charge in [-0.25, -0.2) is 0 Å². The number of carbonyl (C=O) groups is 1. The summed E-state index contributed by atoms with van der Waals surface area (Å²) in [6, 6.07) is 34.0. The third-order valence-corrected chi connectivity index (χ3v) is 7.13. The second kappa shape index (κ2) is 10.7. The highest BCUT2D eigenvalue weighted by Gasteiger charge is 2.16. The average molecular weight is 445 g/mol. The summed E-state index contributed by atoms with van der Waals surface area (Å²) in [6.45, 7) is 0. The molecule has 0 fully saturated rings. The van der Waals surface area contributed by atoms with Crippen molar-refractivity contribution in [3.8, 4) is 11.1 Å². The summed E-state index contributed by atoms with van der Waals surface area (Å²) >= 11 is 0. The molecule has 4 aromatic carbocycles. The van der Waals surface area contributed by atoms with Gasteiger partial charge >= 0.3 is 0 Å². The van der Waals surface area contributed by atoms with Crippen LogP contribution in [0.2, 0.25) is 0 Å². The van der Waals surface area contributed by atoms with Gasteiger partial charge in [0.2, 0.25) is 0 Å². The molecular weight excluding hydrogens is 412 g/mol. The molecule has 0 saturated carbocycles. The first-order valence-corrected chi connectivity index (χ1v) is 12.6. The summed E-state index contributed by atoms with van der Waals surface area (Å²) in [7, 11) is 0. The molecule has 170 valence electrons. The van der Waals surface area contributed by atoms with E-state index >= 15 is 0 Å². The summed E-state index contributed by atoms with van der Waals surface area (Å²) in [5.74, 6) is 0.312. The molecule has 0 N–H and O–H groups in total. The Morgan fingerprint density at radius 2 is 0.794 bits per heavy atom. The van der Waals surface area contributed by atoms with Crippen LogP contribution in [0.15, 0.2) is 97.1 Å². The smallest absolute Gasteiger partial charge is 0.163 e. The number of rotatable bonds is 0. The minimum absolute atomic E-state index is 0.312. The summed E-state index contributed by atoms with van der Waals surface area (Å²) < 4.78 is 0. The number of ketones is 1. The van der Waals surface area contributed by atoms with E-state index in [1.54, 1.807) is 11.1 Å². The second-order valence-electron chi connectivity index (χ2n) is 9.40. The third-order valence-electron chi connectivity index (χ3n) is 7.13. The fraction of sp³-hybridized carbons (Fsp3) is 0.242. The molecular formula is C33H32O. The molecule has 4 aromatic rings.